The zero-order valence-electron chi connectivity index (χ0n) is 12.6. The molecule has 0 heterocycles. The van der Waals surface area contributed by atoms with Crippen molar-refractivity contribution in [3.8, 4) is 0 Å². The highest BCUT2D eigenvalue weighted by Crippen LogP contribution is 2.21. The number of hydrogen-bond donors (Lipinski definition) is 1. The Balaban J connectivity index is 2.66. The third-order valence-corrected chi connectivity index (χ3v) is 3.72. The molecular formula is C16H27NOS. The second-order valence-electron chi connectivity index (χ2n) is 4.89. The van der Waals surface area contributed by atoms with Gasteiger partial charge in [-0.1, -0.05) is 26.0 Å². The van der Waals surface area contributed by atoms with Gasteiger partial charge in [-0.05, 0) is 50.3 Å². The van der Waals surface area contributed by atoms with Gasteiger partial charge in [0.25, 0.3) is 0 Å². The predicted molar refractivity (Wildman–Crippen MR) is 85.0 cm³/mol. The van der Waals surface area contributed by atoms with Crippen LogP contribution < -0.4 is 5.32 Å². The molecule has 0 aromatic heterocycles. The lowest BCUT2D eigenvalue weighted by atomic mass is 10.1. The first-order chi connectivity index (χ1) is 9.17. The second-order valence-corrected chi connectivity index (χ2v) is 6.23. The number of nitrogens with one attached hydrogen (secondary N) is 1. The lowest BCUT2D eigenvalue weighted by Crippen LogP contribution is -2.27. The molecule has 2 nitrogen and oxygen atoms in total. The van der Waals surface area contributed by atoms with Gasteiger partial charge in [-0.3, -0.25) is 0 Å². The first-order valence-corrected chi connectivity index (χ1v) is 8.23. The summed E-state index contributed by atoms with van der Waals surface area (Å²) in [5, 5.41) is 3.56. The van der Waals surface area contributed by atoms with E-state index in [0.717, 1.165) is 25.3 Å². The second kappa shape index (κ2) is 9.40. The van der Waals surface area contributed by atoms with Gasteiger partial charge in [0.1, 0.15) is 0 Å². The van der Waals surface area contributed by atoms with Gasteiger partial charge in [0.05, 0.1) is 18.8 Å². The van der Waals surface area contributed by atoms with Crippen molar-refractivity contribution in [2.24, 2.45) is 0 Å². The molecule has 0 amide bonds. The maximum absolute atomic E-state index is 5.77. The Bertz CT molecular complexity index is 337. The van der Waals surface area contributed by atoms with Crippen LogP contribution in [0, 0.1) is 0 Å². The number of benzene rings is 1. The van der Waals surface area contributed by atoms with E-state index in [1.54, 1.807) is 0 Å². The van der Waals surface area contributed by atoms with Crippen LogP contribution in [0.25, 0.3) is 0 Å². The molecule has 0 saturated carbocycles. The van der Waals surface area contributed by atoms with E-state index in [4.69, 9.17) is 4.74 Å². The average Bonchev–Trinajstić information content (AvgIpc) is 2.40. The van der Waals surface area contributed by atoms with E-state index in [1.165, 1.54) is 10.5 Å². The van der Waals surface area contributed by atoms with Crippen molar-refractivity contribution in [2.45, 2.75) is 51.2 Å². The Morgan fingerprint density at radius 2 is 1.84 bits per heavy atom. The molecular weight excluding hydrogens is 254 g/mol. The van der Waals surface area contributed by atoms with Crippen LogP contribution in [0.15, 0.2) is 29.2 Å². The fourth-order valence-corrected chi connectivity index (χ4v) is 2.51. The van der Waals surface area contributed by atoms with Gasteiger partial charge in [-0.2, -0.15) is 0 Å². The molecule has 0 aliphatic heterocycles. The zero-order chi connectivity index (χ0) is 14.1. The smallest absolute Gasteiger partial charge is 0.0664 e. The van der Waals surface area contributed by atoms with Gasteiger partial charge >= 0.3 is 0 Å². The van der Waals surface area contributed by atoms with E-state index >= 15 is 0 Å². The standard InChI is InChI=1S/C16H27NOS/c1-5-11-17-16(12-18-13(3)4)14-7-9-15(10-8-14)19-6-2/h7-10,13,16-17H,5-6,11-12H2,1-4H3. The van der Waals surface area contributed by atoms with Gasteiger partial charge in [0, 0.05) is 4.90 Å². The maximum Gasteiger partial charge on any atom is 0.0664 e. The lowest BCUT2D eigenvalue weighted by molar-refractivity contribution is 0.0611. The molecule has 1 aromatic rings. The quantitative estimate of drug-likeness (QED) is 0.683. The fourth-order valence-electron chi connectivity index (χ4n) is 1.84. The molecule has 0 spiro atoms. The molecule has 0 bridgehead atoms. The summed E-state index contributed by atoms with van der Waals surface area (Å²) in [7, 11) is 0. The van der Waals surface area contributed by atoms with Gasteiger partial charge in [0.15, 0.2) is 0 Å². The molecule has 1 rings (SSSR count). The van der Waals surface area contributed by atoms with Crippen molar-refractivity contribution in [1.29, 1.82) is 0 Å². The van der Waals surface area contributed by atoms with E-state index in [9.17, 15) is 0 Å². The molecule has 1 N–H and O–H groups in total. The van der Waals surface area contributed by atoms with Crippen molar-refractivity contribution < 1.29 is 4.74 Å². The lowest BCUT2D eigenvalue weighted by Gasteiger charge is -2.20. The summed E-state index contributed by atoms with van der Waals surface area (Å²) in [5.41, 5.74) is 1.31. The van der Waals surface area contributed by atoms with Crippen LogP contribution in [0.2, 0.25) is 0 Å². The highest BCUT2D eigenvalue weighted by molar-refractivity contribution is 7.99. The molecule has 1 atom stereocenters. The Hall–Kier alpha value is -0.510. The summed E-state index contributed by atoms with van der Waals surface area (Å²) in [6.07, 6.45) is 1.42. The number of hydrogen-bond acceptors (Lipinski definition) is 3. The minimum atomic E-state index is 0.279. The predicted octanol–water partition coefficient (Wildman–Crippen LogP) is 4.26. The van der Waals surface area contributed by atoms with Crippen LogP contribution in [-0.2, 0) is 4.74 Å². The number of rotatable bonds is 9. The van der Waals surface area contributed by atoms with Crippen LogP contribution >= 0.6 is 11.8 Å². The Morgan fingerprint density at radius 3 is 2.37 bits per heavy atom. The molecule has 1 unspecified atom stereocenters. The van der Waals surface area contributed by atoms with Gasteiger partial charge < -0.3 is 10.1 Å². The van der Waals surface area contributed by atoms with E-state index in [0.29, 0.717) is 6.04 Å². The summed E-state index contributed by atoms with van der Waals surface area (Å²) >= 11 is 1.88. The Kier molecular flexibility index (Phi) is 8.19. The average molecular weight is 281 g/mol. The van der Waals surface area contributed by atoms with Gasteiger partial charge in [-0.25, -0.2) is 0 Å². The third kappa shape index (κ3) is 6.46. The highest BCUT2D eigenvalue weighted by atomic mass is 32.2. The largest absolute Gasteiger partial charge is 0.377 e. The molecule has 0 saturated heterocycles. The van der Waals surface area contributed by atoms with Gasteiger partial charge in [-0.15, -0.1) is 11.8 Å². The number of thioether (sulfide) groups is 1. The summed E-state index contributed by atoms with van der Waals surface area (Å²) < 4.78 is 5.77. The molecule has 0 fully saturated rings. The van der Waals surface area contributed by atoms with Crippen LogP contribution in [-0.4, -0.2) is 25.0 Å². The normalized spacial score (nSPS) is 12.9. The minimum Gasteiger partial charge on any atom is -0.377 e. The maximum atomic E-state index is 5.77. The topological polar surface area (TPSA) is 21.3 Å². The zero-order valence-corrected chi connectivity index (χ0v) is 13.4. The van der Waals surface area contributed by atoms with Crippen molar-refractivity contribution >= 4 is 11.8 Å². The van der Waals surface area contributed by atoms with Crippen LogP contribution in [0.1, 0.15) is 45.7 Å². The summed E-state index contributed by atoms with van der Waals surface area (Å²) in [6, 6.07) is 9.14. The van der Waals surface area contributed by atoms with Crippen LogP contribution in [0.3, 0.4) is 0 Å². The van der Waals surface area contributed by atoms with Crippen molar-refractivity contribution in [2.75, 3.05) is 18.9 Å². The highest BCUT2D eigenvalue weighted by Gasteiger charge is 2.11. The fraction of sp³-hybridized carbons (Fsp3) is 0.625. The third-order valence-electron chi connectivity index (χ3n) is 2.83. The van der Waals surface area contributed by atoms with Crippen molar-refractivity contribution in [3.05, 3.63) is 29.8 Å². The molecule has 19 heavy (non-hydrogen) atoms. The van der Waals surface area contributed by atoms with E-state index in [2.05, 4.69) is 57.3 Å². The van der Waals surface area contributed by atoms with E-state index in [1.807, 2.05) is 11.8 Å². The number of ether oxygens (including phenoxy) is 1. The van der Waals surface area contributed by atoms with E-state index in [-0.39, 0.29) is 6.10 Å². The molecule has 0 aliphatic carbocycles. The molecule has 0 aliphatic rings. The minimum absolute atomic E-state index is 0.279. The first kappa shape index (κ1) is 16.5. The van der Waals surface area contributed by atoms with E-state index < -0.39 is 0 Å². The summed E-state index contributed by atoms with van der Waals surface area (Å²) in [5.74, 6) is 1.12. The summed E-state index contributed by atoms with van der Waals surface area (Å²) in [4.78, 5) is 1.34. The molecule has 3 heteroatoms. The molecule has 1 aromatic carbocycles. The molecule has 0 radical (unpaired) electrons. The molecule has 108 valence electrons. The Morgan fingerprint density at radius 1 is 1.16 bits per heavy atom. The SMILES string of the molecule is CCCNC(COC(C)C)c1ccc(SCC)cc1. The Labute approximate surface area is 122 Å². The van der Waals surface area contributed by atoms with Crippen LogP contribution in [0.5, 0.6) is 0 Å². The van der Waals surface area contributed by atoms with Crippen LogP contribution in [0.4, 0.5) is 0 Å². The monoisotopic (exact) mass is 281 g/mol. The first-order valence-electron chi connectivity index (χ1n) is 7.25. The van der Waals surface area contributed by atoms with Crippen molar-refractivity contribution in [1.82, 2.24) is 5.32 Å². The van der Waals surface area contributed by atoms with Crippen molar-refractivity contribution in [3.63, 3.8) is 0 Å². The summed E-state index contributed by atoms with van der Waals surface area (Å²) in [6.45, 7) is 10.3. The van der Waals surface area contributed by atoms with Gasteiger partial charge in [0.2, 0.25) is 0 Å².